The zero-order valence-electron chi connectivity index (χ0n) is 5.95. The summed E-state index contributed by atoms with van der Waals surface area (Å²) in [6.07, 6.45) is 3.23. The van der Waals surface area contributed by atoms with Crippen molar-refractivity contribution in [1.29, 1.82) is 0 Å². The lowest BCUT2D eigenvalue weighted by Crippen LogP contribution is -2.21. The molecule has 0 aromatic rings. The highest BCUT2D eigenvalue weighted by molar-refractivity contribution is 9.07. The Balaban J connectivity index is 2.87. The first-order valence-electron chi connectivity index (χ1n) is 3.06. The van der Waals surface area contributed by atoms with Gasteiger partial charge in [-0.25, -0.2) is 0 Å². The Hall–Kier alpha value is -0.840. The molecule has 1 aliphatic rings. The van der Waals surface area contributed by atoms with E-state index in [0.717, 1.165) is 5.57 Å². The van der Waals surface area contributed by atoms with E-state index in [0.29, 0.717) is 6.54 Å². The molecule has 0 bridgehead atoms. The molecular weight excluding hydrogens is 212 g/mol. The first-order valence-corrected chi connectivity index (χ1v) is 3.77. The van der Waals surface area contributed by atoms with Gasteiger partial charge < -0.3 is 10.1 Å². The topological polar surface area (TPSA) is 46.4 Å². The van der Waals surface area contributed by atoms with Crippen LogP contribution in [-0.2, 0) is 0 Å². The van der Waals surface area contributed by atoms with Gasteiger partial charge in [-0.3, -0.25) is 0 Å². The van der Waals surface area contributed by atoms with Crippen LogP contribution < -0.4 is 0 Å². The average Bonchev–Trinajstić information content (AvgIpc) is 1.85. The summed E-state index contributed by atoms with van der Waals surface area (Å²) in [5, 5.41) is 10.3. The Kier molecular flexibility index (Phi) is 2.28. The molecular formula is C6H7BrN2O2. The number of hydrogen-bond donors (Lipinski definition) is 0. The Morgan fingerprint density at radius 3 is 2.82 bits per heavy atom. The zero-order chi connectivity index (χ0) is 8.43. The third kappa shape index (κ3) is 1.80. The molecule has 0 aromatic carbocycles. The minimum absolute atomic E-state index is 0.0793. The first kappa shape index (κ1) is 8.26. The van der Waals surface area contributed by atoms with Crippen LogP contribution in [0.3, 0.4) is 0 Å². The predicted octanol–water partition coefficient (Wildman–Crippen LogP) is 1.68. The highest BCUT2D eigenvalue weighted by atomic mass is 79.9. The molecule has 0 aliphatic carbocycles. The van der Waals surface area contributed by atoms with E-state index >= 15 is 0 Å². The number of nitro groups is 1. The molecule has 60 valence electrons. The van der Waals surface area contributed by atoms with Crippen LogP contribution in [0.1, 0.15) is 6.92 Å². The fourth-order valence-electron chi connectivity index (χ4n) is 0.800. The summed E-state index contributed by atoms with van der Waals surface area (Å²) >= 11 is 3.08. The van der Waals surface area contributed by atoms with Crippen LogP contribution in [0.15, 0.2) is 23.5 Å². The van der Waals surface area contributed by atoms with Crippen molar-refractivity contribution in [2.24, 2.45) is 0 Å². The molecule has 1 aliphatic heterocycles. The summed E-state index contributed by atoms with van der Waals surface area (Å²) in [7, 11) is 0. The molecule has 4 nitrogen and oxygen atoms in total. The van der Waals surface area contributed by atoms with Crippen LogP contribution in [0.4, 0.5) is 0 Å². The van der Waals surface area contributed by atoms with Gasteiger partial charge in [0, 0.05) is 6.08 Å². The van der Waals surface area contributed by atoms with Crippen LogP contribution in [0.25, 0.3) is 0 Å². The van der Waals surface area contributed by atoms with Crippen LogP contribution in [-0.4, -0.2) is 15.4 Å². The van der Waals surface area contributed by atoms with Crippen molar-refractivity contribution in [1.82, 2.24) is 3.93 Å². The molecule has 0 atom stereocenters. The zero-order valence-corrected chi connectivity index (χ0v) is 7.54. The van der Waals surface area contributed by atoms with Gasteiger partial charge in [0.1, 0.15) is 6.54 Å². The second-order valence-electron chi connectivity index (χ2n) is 2.32. The van der Waals surface area contributed by atoms with Gasteiger partial charge in [0.15, 0.2) is 16.1 Å². The van der Waals surface area contributed by atoms with E-state index in [1.165, 1.54) is 10.0 Å². The third-order valence-corrected chi connectivity index (χ3v) is 1.95. The lowest BCUT2D eigenvalue weighted by Gasteiger charge is -2.13. The number of allylic oxidation sites excluding steroid dienone is 2. The van der Waals surface area contributed by atoms with Crippen molar-refractivity contribution in [2.45, 2.75) is 6.92 Å². The lowest BCUT2D eigenvalue weighted by molar-refractivity contribution is -0.439. The van der Waals surface area contributed by atoms with Crippen LogP contribution >= 0.6 is 16.1 Å². The van der Waals surface area contributed by atoms with Crippen LogP contribution in [0.2, 0.25) is 0 Å². The Bertz CT molecular complexity index is 247. The Labute approximate surface area is 72.7 Å². The van der Waals surface area contributed by atoms with Gasteiger partial charge in [-0.15, -0.1) is 0 Å². The largest absolute Gasteiger partial charge is 0.358 e. The molecule has 5 heteroatoms. The predicted molar refractivity (Wildman–Crippen MR) is 44.5 cm³/mol. The molecule has 0 spiro atoms. The molecule has 0 saturated heterocycles. The molecule has 0 N–H and O–H groups in total. The summed E-state index contributed by atoms with van der Waals surface area (Å²) in [5.41, 5.74) is 1.09. The Morgan fingerprint density at radius 1 is 1.73 bits per heavy atom. The average molecular weight is 219 g/mol. The molecule has 1 heterocycles. The van der Waals surface area contributed by atoms with Gasteiger partial charge in [-0.05, 0) is 17.4 Å². The lowest BCUT2D eigenvalue weighted by atomic mass is 10.2. The molecule has 0 aromatic heterocycles. The number of hydrogen-bond acceptors (Lipinski definition) is 3. The van der Waals surface area contributed by atoms with E-state index in [4.69, 9.17) is 0 Å². The fraction of sp³-hybridized carbons (Fsp3) is 0.333. The minimum Gasteiger partial charge on any atom is -0.358 e. The van der Waals surface area contributed by atoms with Crippen LogP contribution in [0, 0.1) is 10.1 Å². The number of halogens is 1. The quantitative estimate of drug-likeness (QED) is 0.383. The van der Waals surface area contributed by atoms with Crippen LogP contribution in [0.5, 0.6) is 0 Å². The van der Waals surface area contributed by atoms with E-state index in [1.54, 1.807) is 6.08 Å². The SMILES string of the molecule is CC1=CC=C([N+](=O)[O-])N(Br)C1. The molecule has 11 heavy (non-hydrogen) atoms. The highest BCUT2D eigenvalue weighted by Gasteiger charge is 2.20. The Morgan fingerprint density at radius 2 is 2.36 bits per heavy atom. The minimum atomic E-state index is -0.419. The summed E-state index contributed by atoms with van der Waals surface area (Å²) in [4.78, 5) is 9.89. The second-order valence-corrected chi connectivity index (χ2v) is 3.17. The van der Waals surface area contributed by atoms with Crippen molar-refractivity contribution in [2.75, 3.05) is 6.54 Å². The van der Waals surface area contributed by atoms with E-state index in [1.807, 2.05) is 6.92 Å². The van der Waals surface area contributed by atoms with E-state index in [-0.39, 0.29) is 5.82 Å². The summed E-state index contributed by atoms with van der Waals surface area (Å²) in [5.74, 6) is 0.0793. The van der Waals surface area contributed by atoms with Gasteiger partial charge in [0.05, 0.1) is 0 Å². The van der Waals surface area contributed by atoms with Gasteiger partial charge in [-0.2, -0.15) is 3.93 Å². The van der Waals surface area contributed by atoms with Crippen molar-refractivity contribution in [3.63, 3.8) is 0 Å². The molecule has 0 unspecified atom stereocenters. The maximum atomic E-state index is 10.3. The van der Waals surface area contributed by atoms with Gasteiger partial charge in [0.2, 0.25) is 0 Å². The maximum Gasteiger partial charge on any atom is 0.329 e. The van der Waals surface area contributed by atoms with E-state index in [9.17, 15) is 10.1 Å². The molecule has 0 saturated carbocycles. The fourth-order valence-corrected chi connectivity index (χ4v) is 1.44. The number of rotatable bonds is 1. The monoisotopic (exact) mass is 218 g/mol. The van der Waals surface area contributed by atoms with Crippen molar-refractivity contribution in [3.05, 3.63) is 33.7 Å². The molecule has 1 rings (SSSR count). The van der Waals surface area contributed by atoms with Crippen molar-refractivity contribution >= 4 is 16.1 Å². The highest BCUT2D eigenvalue weighted by Crippen LogP contribution is 2.18. The smallest absolute Gasteiger partial charge is 0.329 e. The summed E-state index contributed by atoms with van der Waals surface area (Å²) in [6.45, 7) is 2.48. The van der Waals surface area contributed by atoms with Gasteiger partial charge >= 0.3 is 5.82 Å². The van der Waals surface area contributed by atoms with Crippen molar-refractivity contribution < 1.29 is 4.92 Å². The van der Waals surface area contributed by atoms with E-state index in [2.05, 4.69) is 16.1 Å². The van der Waals surface area contributed by atoms with Crippen molar-refractivity contribution in [3.8, 4) is 0 Å². The number of nitrogens with zero attached hydrogens (tertiary/aromatic N) is 2. The van der Waals surface area contributed by atoms with E-state index < -0.39 is 4.92 Å². The molecule has 0 fully saturated rings. The second kappa shape index (κ2) is 3.04. The first-order chi connectivity index (χ1) is 5.11. The normalized spacial score (nSPS) is 17.5. The van der Waals surface area contributed by atoms with Gasteiger partial charge in [-0.1, -0.05) is 6.08 Å². The summed E-state index contributed by atoms with van der Waals surface area (Å²) < 4.78 is 1.43. The summed E-state index contributed by atoms with van der Waals surface area (Å²) in [6, 6.07) is 0. The van der Waals surface area contributed by atoms with Gasteiger partial charge in [0.25, 0.3) is 0 Å². The molecule has 0 radical (unpaired) electrons. The standard InChI is InChI=1S/C6H7BrN2O2/c1-5-2-3-6(9(10)11)8(7)4-5/h2-3H,4H2,1H3. The maximum absolute atomic E-state index is 10.3. The third-order valence-electron chi connectivity index (χ3n) is 1.34. The molecule has 0 amide bonds.